The third kappa shape index (κ3) is 2.88. The Morgan fingerprint density at radius 1 is 1.45 bits per heavy atom. The smallest absolute Gasteiger partial charge is 0.258 e. The van der Waals surface area contributed by atoms with Crippen molar-refractivity contribution >= 4 is 10.0 Å². The molecule has 1 aliphatic carbocycles. The van der Waals surface area contributed by atoms with Crippen LogP contribution in [0.5, 0.6) is 0 Å². The Bertz CT molecular complexity index is 566. The van der Waals surface area contributed by atoms with E-state index in [0.717, 1.165) is 19.5 Å². The largest absolute Gasteiger partial charge is 0.316 e. The van der Waals surface area contributed by atoms with E-state index in [9.17, 15) is 8.42 Å². The molecule has 1 saturated heterocycles. The number of aromatic nitrogens is 2. The van der Waals surface area contributed by atoms with E-state index in [0.29, 0.717) is 18.2 Å². The van der Waals surface area contributed by atoms with E-state index in [2.05, 4.69) is 25.1 Å². The summed E-state index contributed by atoms with van der Waals surface area (Å²) >= 11 is 0. The van der Waals surface area contributed by atoms with Gasteiger partial charge >= 0.3 is 0 Å². The molecule has 2 heterocycles. The fraction of sp³-hybridized carbons (Fsp3) is 0.750. The van der Waals surface area contributed by atoms with Gasteiger partial charge in [-0.3, -0.25) is 10.00 Å². The number of nitrogens with zero attached hydrogens (tertiary/aromatic N) is 2. The Hall–Kier alpha value is -0.960. The third-order valence-corrected chi connectivity index (χ3v) is 5.45. The molecule has 1 aromatic heterocycles. The van der Waals surface area contributed by atoms with Crippen molar-refractivity contribution < 1.29 is 8.42 Å². The number of hydrogen-bond acceptors (Lipinski definition) is 5. The van der Waals surface area contributed by atoms with Crippen LogP contribution in [0.1, 0.15) is 24.8 Å². The molecule has 0 amide bonds. The molecule has 3 N–H and O–H groups in total. The lowest BCUT2D eigenvalue weighted by Crippen LogP contribution is -2.38. The summed E-state index contributed by atoms with van der Waals surface area (Å²) in [5, 5.41) is 9.56. The molecule has 0 aromatic carbocycles. The van der Waals surface area contributed by atoms with Gasteiger partial charge in [0.05, 0.1) is 6.20 Å². The molecule has 3 rings (SSSR count). The normalized spacial score (nSPS) is 24.4. The number of likely N-dealkylation sites (tertiary alicyclic amines) is 1. The highest BCUT2D eigenvalue weighted by molar-refractivity contribution is 7.89. The lowest BCUT2D eigenvalue weighted by molar-refractivity contribution is 0.322. The summed E-state index contributed by atoms with van der Waals surface area (Å²) in [6.45, 7) is 2.29. The zero-order valence-corrected chi connectivity index (χ0v) is 12.4. The number of sulfonamides is 1. The number of aromatic amines is 1. The van der Waals surface area contributed by atoms with E-state index in [1.165, 1.54) is 12.8 Å². The lowest BCUT2D eigenvalue weighted by atomic mass is 10.3. The molecule has 1 aliphatic heterocycles. The standard InChI is InChI=1S/C12H21N5O2S/c1-13-6-9-7-14-15-12(9)20(18,19)16-10-4-5-17(8-10)11-2-3-11/h7,10-11,13,16H,2-6,8H2,1H3,(H,14,15). The van der Waals surface area contributed by atoms with Crippen LogP contribution in [0.4, 0.5) is 0 Å². The third-order valence-electron chi connectivity index (χ3n) is 3.92. The van der Waals surface area contributed by atoms with Gasteiger partial charge in [-0.25, -0.2) is 13.1 Å². The predicted octanol–water partition coefficient (Wildman–Crippen LogP) is -0.356. The van der Waals surface area contributed by atoms with Crippen molar-refractivity contribution in [2.24, 2.45) is 0 Å². The van der Waals surface area contributed by atoms with Gasteiger partial charge in [-0.1, -0.05) is 0 Å². The number of nitrogens with one attached hydrogen (secondary N) is 3. The molecule has 1 unspecified atom stereocenters. The maximum Gasteiger partial charge on any atom is 0.258 e. The average molecular weight is 299 g/mol. The topological polar surface area (TPSA) is 90.1 Å². The molecule has 0 bridgehead atoms. The zero-order chi connectivity index (χ0) is 14.2. The zero-order valence-electron chi connectivity index (χ0n) is 11.6. The second-order valence-corrected chi connectivity index (χ2v) is 7.24. The molecule has 2 fully saturated rings. The van der Waals surface area contributed by atoms with Gasteiger partial charge in [0.25, 0.3) is 10.0 Å². The summed E-state index contributed by atoms with van der Waals surface area (Å²) in [5.41, 5.74) is 0.664. The van der Waals surface area contributed by atoms with Gasteiger partial charge in [-0.05, 0) is 26.3 Å². The first-order chi connectivity index (χ1) is 9.60. The van der Waals surface area contributed by atoms with Crippen LogP contribution in [0.25, 0.3) is 0 Å². The van der Waals surface area contributed by atoms with Gasteiger partial charge in [0.2, 0.25) is 0 Å². The van der Waals surface area contributed by atoms with Gasteiger partial charge in [0.1, 0.15) is 0 Å². The van der Waals surface area contributed by atoms with Crippen LogP contribution >= 0.6 is 0 Å². The van der Waals surface area contributed by atoms with Crippen molar-refractivity contribution in [1.29, 1.82) is 0 Å². The van der Waals surface area contributed by atoms with Crippen LogP contribution in [0.3, 0.4) is 0 Å². The fourth-order valence-corrected chi connectivity index (χ4v) is 4.17. The minimum Gasteiger partial charge on any atom is -0.316 e. The predicted molar refractivity (Wildman–Crippen MR) is 74.7 cm³/mol. The SMILES string of the molecule is CNCc1cn[nH]c1S(=O)(=O)NC1CCN(C2CC2)C1. The van der Waals surface area contributed by atoms with Gasteiger partial charge in [-0.15, -0.1) is 0 Å². The van der Waals surface area contributed by atoms with Crippen molar-refractivity contribution in [3.63, 3.8) is 0 Å². The van der Waals surface area contributed by atoms with Crippen LogP contribution in [0.15, 0.2) is 11.2 Å². The minimum atomic E-state index is -3.52. The van der Waals surface area contributed by atoms with E-state index in [1.54, 1.807) is 13.2 Å². The second-order valence-electron chi connectivity index (χ2n) is 5.59. The average Bonchev–Trinajstić information content (AvgIpc) is 2.95. The Morgan fingerprint density at radius 2 is 2.25 bits per heavy atom. The molecule has 112 valence electrons. The maximum atomic E-state index is 12.4. The lowest BCUT2D eigenvalue weighted by Gasteiger charge is -2.15. The van der Waals surface area contributed by atoms with Crippen LogP contribution in [0, 0.1) is 0 Å². The van der Waals surface area contributed by atoms with Crippen LogP contribution in [-0.2, 0) is 16.6 Å². The first-order valence-corrected chi connectivity index (χ1v) is 8.51. The quantitative estimate of drug-likeness (QED) is 0.668. The molecule has 2 aliphatic rings. The Balaban J connectivity index is 1.67. The molecule has 8 heteroatoms. The first kappa shape index (κ1) is 14.0. The number of rotatable bonds is 6. The van der Waals surface area contributed by atoms with Crippen molar-refractivity contribution in [2.75, 3.05) is 20.1 Å². The van der Waals surface area contributed by atoms with E-state index < -0.39 is 10.0 Å². The highest BCUT2D eigenvalue weighted by atomic mass is 32.2. The molecule has 7 nitrogen and oxygen atoms in total. The van der Waals surface area contributed by atoms with Gasteiger partial charge in [-0.2, -0.15) is 5.10 Å². The second kappa shape index (κ2) is 5.44. The highest BCUT2D eigenvalue weighted by Gasteiger charge is 2.36. The number of H-pyrrole nitrogens is 1. The van der Waals surface area contributed by atoms with Crippen molar-refractivity contribution in [1.82, 2.24) is 25.1 Å². The minimum absolute atomic E-state index is 0.00587. The van der Waals surface area contributed by atoms with E-state index >= 15 is 0 Å². The first-order valence-electron chi connectivity index (χ1n) is 7.03. The molecule has 0 radical (unpaired) electrons. The molecule has 0 spiro atoms. The summed E-state index contributed by atoms with van der Waals surface area (Å²) in [6.07, 6.45) is 4.94. The monoisotopic (exact) mass is 299 g/mol. The summed E-state index contributed by atoms with van der Waals surface area (Å²) in [7, 11) is -1.74. The molecule has 1 atom stereocenters. The van der Waals surface area contributed by atoms with Crippen molar-refractivity contribution in [3.8, 4) is 0 Å². The Morgan fingerprint density at radius 3 is 2.95 bits per heavy atom. The number of hydrogen-bond donors (Lipinski definition) is 3. The van der Waals surface area contributed by atoms with Gasteiger partial charge in [0, 0.05) is 37.3 Å². The molecule has 1 aromatic rings. The van der Waals surface area contributed by atoms with E-state index in [4.69, 9.17) is 0 Å². The summed E-state index contributed by atoms with van der Waals surface area (Å²) in [4.78, 5) is 2.38. The van der Waals surface area contributed by atoms with Crippen LogP contribution in [-0.4, -0.2) is 55.7 Å². The highest BCUT2D eigenvalue weighted by Crippen LogP contribution is 2.30. The summed E-state index contributed by atoms with van der Waals surface area (Å²) < 4.78 is 27.6. The van der Waals surface area contributed by atoms with Gasteiger partial charge in [0.15, 0.2) is 5.03 Å². The Labute approximate surface area is 119 Å². The fourth-order valence-electron chi connectivity index (χ4n) is 2.78. The van der Waals surface area contributed by atoms with Crippen LogP contribution < -0.4 is 10.0 Å². The summed E-state index contributed by atoms with van der Waals surface area (Å²) in [5.74, 6) is 0. The van der Waals surface area contributed by atoms with Crippen molar-refractivity contribution in [2.45, 2.75) is 42.9 Å². The molecular formula is C12H21N5O2S. The van der Waals surface area contributed by atoms with Crippen molar-refractivity contribution in [3.05, 3.63) is 11.8 Å². The van der Waals surface area contributed by atoms with Crippen LogP contribution in [0.2, 0.25) is 0 Å². The van der Waals surface area contributed by atoms with E-state index in [1.807, 2.05) is 0 Å². The van der Waals surface area contributed by atoms with E-state index in [-0.39, 0.29) is 11.1 Å². The maximum absolute atomic E-state index is 12.4. The summed E-state index contributed by atoms with van der Waals surface area (Å²) in [6, 6.07) is 0.697. The molecule has 20 heavy (non-hydrogen) atoms. The van der Waals surface area contributed by atoms with Gasteiger partial charge < -0.3 is 5.32 Å². The Kier molecular flexibility index (Phi) is 3.80. The molecule has 1 saturated carbocycles. The molecular weight excluding hydrogens is 278 g/mol.